The van der Waals surface area contributed by atoms with Gasteiger partial charge in [0.15, 0.2) is 0 Å². The van der Waals surface area contributed by atoms with E-state index in [-0.39, 0.29) is 17.7 Å². The first-order valence-electron chi connectivity index (χ1n) is 5.68. The lowest BCUT2D eigenvalue weighted by atomic mass is 9.95. The third-order valence-electron chi connectivity index (χ3n) is 3.21. The molecule has 1 rings (SSSR count). The molecule has 5 heteroatoms. The Hall–Kier alpha value is -1.10. The number of esters is 1. The first kappa shape index (κ1) is 13.0. The fraction of sp³-hybridized carbons (Fsp3) is 0.818. The summed E-state index contributed by atoms with van der Waals surface area (Å²) in [6.07, 6.45) is 2.90. The molecule has 1 aliphatic carbocycles. The Kier molecular flexibility index (Phi) is 4.73. The lowest BCUT2D eigenvalue weighted by Crippen LogP contribution is -2.43. The van der Waals surface area contributed by atoms with Crippen molar-refractivity contribution in [2.45, 2.75) is 32.2 Å². The van der Waals surface area contributed by atoms with Gasteiger partial charge in [-0.15, -0.1) is 0 Å². The highest BCUT2D eigenvalue weighted by atomic mass is 16.5. The van der Waals surface area contributed by atoms with Crippen LogP contribution in [0.25, 0.3) is 0 Å². The number of ether oxygens (including phenoxy) is 1. The van der Waals surface area contributed by atoms with E-state index < -0.39 is 12.0 Å². The number of carbonyl (C=O) groups is 2. The molecule has 0 heterocycles. The van der Waals surface area contributed by atoms with Crippen LogP contribution in [0.1, 0.15) is 26.2 Å². The van der Waals surface area contributed by atoms with Gasteiger partial charge in [-0.1, -0.05) is 6.42 Å². The van der Waals surface area contributed by atoms with Gasteiger partial charge in [0, 0.05) is 5.92 Å². The molecule has 92 valence electrons. The van der Waals surface area contributed by atoms with Crippen molar-refractivity contribution < 1.29 is 14.3 Å². The molecule has 2 unspecified atom stereocenters. The van der Waals surface area contributed by atoms with Crippen LogP contribution in [0.2, 0.25) is 0 Å². The summed E-state index contributed by atoms with van der Waals surface area (Å²) in [5.41, 5.74) is 5.61. The molecule has 0 radical (unpaired) electrons. The van der Waals surface area contributed by atoms with Gasteiger partial charge in [-0.2, -0.15) is 0 Å². The smallest absolute Gasteiger partial charge is 0.328 e. The second kappa shape index (κ2) is 5.84. The third kappa shape index (κ3) is 2.95. The zero-order valence-electron chi connectivity index (χ0n) is 9.86. The molecule has 1 amide bonds. The second-order valence-corrected chi connectivity index (χ2v) is 4.29. The zero-order valence-corrected chi connectivity index (χ0v) is 9.86. The SMILES string of the molecule is COC(=O)[C@H](C)NC(=O)C1CCCC1CN. The van der Waals surface area contributed by atoms with Crippen molar-refractivity contribution in [3.63, 3.8) is 0 Å². The summed E-state index contributed by atoms with van der Waals surface area (Å²) in [5.74, 6) is -0.288. The Labute approximate surface area is 95.7 Å². The van der Waals surface area contributed by atoms with Crippen molar-refractivity contribution in [3.8, 4) is 0 Å². The molecular weight excluding hydrogens is 208 g/mol. The average Bonchev–Trinajstić information content (AvgIpc) is 2.75. The molecule has 0 aromatic rings. The lowest BCUT2D eigenvalue weighted by Gasteiger charge is -2.19. The molecule has 0 bridgehead atoms. The Balaban J connectivity index is 2.48. The minimum absolute atomic E-state index is 0.0443. The van der Waals surface area contributed by atoms with Gasteiger partial charge in [-0.25, -0.2) is 4.79 Å². The normalized spacial score (nSPS) is 26.2. The summed E-state index contributed by atoms with van der Waals surface area (Å²) in [5, 5.41) is 2.67. The number of carbonyl (C=O) groups excluding carboxylic acids is 2. The van der Waals surface area contributed by atoms with E-state index in [9.17, 15) is 9.59 Å². The number of hydrogen-bond acceptors (Lipinski definition) is 4. The summed E-state index contributed by atoms with van der Waals surface area (Å²) in [7, 11) is 1.31. The number of methoxy groups -OCH3 is 1. The highest BCUT2D eigenvalue weighted by Crippen LogP contribution is 2.30. The maximum absolute atomic E-state index is 11.9. The molecule has 1 saturated carbocycles. The van der Waals surface area contributed by atoms with Crippen molar-refractivity contribution >= 4 is 11.9 Å². The predicted octanol–water partition coefficient (Wildman–Crippen LogP) is 0.0391. The summed E-state index contributed by atoms with van der Waals surface area (Å²) in [6.45, 7) is 2.15. The number of amides is 1. The fourth-order valence-electron chi connectivity index (χ4n) is 2.22. The van der Waals surface area contributed by atoms with Crippen molar-refractivity contribution in [1.82, 2.24) is 5.32 Å². The number of hydrogen-bond donors (Lipinski definition) is 2. The highest BCUT2D eigenvalue weighted by molar-refractivity contribution is 5.85. The molecule has 3 atom stereocenters. The molecule has 3 N–H and O–H groups in total. The molecule has 16 heavy (non-hydrogen) atoms. The molecule has 0 aromatic carbocycles. The van der Waals surface area contributed by atoms with Crippen LogP contribution in [0, 0.1) is 11.8 Å². The Morgan fingerprint density at radius 3 is 2.75 bits per heavy atom. The quantitative estimate of drug-likeness (QED) is 0.666. The summed E-state index contributed by atoms with van der Waals surface area (Å²) in [4.78, 5) is 23.0. The van der Waals surface area contributed by atoms with Gasteiger partial charge >= 0.3 is 5.97 Å². The molecular formula is C11H20N2O3. The van der Waals surface area contributed by atoms with Crippen molar-refractivity contribution in [2.24, 2.45) is 17.6 Å². The van der Waals surface area contributed by atoms with Crippen LogP contribution in [-0.4, -0.2) is 31.6 Å². The van der Waals surface area contributed by atoms with E-state index in [0.29, 0.717) is 6.54 Å². The minimum Gasteiger partial charge on any atom is -0.467 e. The average molecular weight is 228 g/mol. The molecule has 5 nitrogen and oxygen atoms in total. The third-order valence-corrected chi connectivity index (χ3v) is 3.21. The maximum Gasteiger partial charge on any atom is 0.328 e. The molecule has 1 aliphatic rings. The summed E-state index contributed by atoms with van der Waals surface area (Å²) >= 11 is 0. The van der Waals surface area contributed by atoms with Crippen molar-refractivity contribution in [1.29, 1.82) is 0 Å². The first-order chi connectivity index (χ1) is 7.60. The minimum atomic E-state index is -0.587. The van der Waals surface area contributed by atoms with Crippen LogP contribution in [-0.2, 0) is 14.3 Å². The largest absolute Gasteiger partial charge is 0.467 e. The van der Waals surface area contributed by atoms with Crippen molar-refractivity contribution in [2.75, 3.05) is 13.7 Å². The van der Waals surface area contributed by atoms with Crippen LogP contribution in [0.3, 0.4) is 0 Å². The van der Waals surface area contributed by atoms with Gasteiger partial charge < -0.3 is 15.8 Å². The lowest BCUT2D eigenvalue weighted by molar-refractivity contribution is -0.145. The van der Waals surface area contributed by atoms with Gasteiger partial charge in [-0.3, -0.25) is 4.79 Å². The molecule has 0 aromatic heterocycles. The molecule has 0 aliphatic heterocycles. The topological polar surface area (TPSA) is 81.4 Å². The second-order valence-electron chi connectivity index (χ2n) is 4.29. The monoisotopic (exact) mass is 228 g/mol. The van der Waals surface area contributed by atoms with Crippen LogP contribution < -0.4 is 11.1 Å². The van der Waals surface area contributed by atoms with Crippen LogP contribution in [0.15, 0.2) is 0 Å². The standard InChI is InChI=1S/C11H20N2O3/c1-7(11(15)16-2)13-10(14)9-5-3-4-8(9)6-12/h7-9H,3-6,12H2,1-2H3,(H,13,14)/t7-,8?,9?/m0/s1. The van der Waals surface area contributed by atoms with E-state index in [1.165, 1.54) is 7.11 Å². The van der Waals surface area contributed by atoms with Gasteiger partial charge in [-0.05, 0) is 32.2 Å². The highest BCUT2D eigenvalue weighted by Gasteiger charge is 2.33. The van der Waals surface area contributed by atoms with Crippen LogP contribution >= 0.6 is 0 Å². The van der Waals surface area contributed by atoms with E-state index in [1.54, 1.807) is 6.92 Å². The van der Waals surface area contributed by atoms with Crippen LogP contribution in [0.5, 0.6) is 0 Å². The number of nitrogens with one attached hydrogen (secondary N) is 1. The van der Waals surface area contributed by atoms with E-state index in [0.717, 1.165) is 19.3 Å². The van der Waals surface area contributed by atoms with E-state index in [2.05, 4.69) is 10.1 Å². The molecule has 0 spiro atoms. The van der Waals surface area contributed by atoms with Crippen molar-refractivity contribution in [3.05, 3.63) is 0 Å². The molecule has 1 fully saturated rings. The maximum atomic E-state index is 11.9. The van der Waals surface area contributed by atoms with Gasteiger partial charge in [0.25, 0.3) is 0 Å². The van der Waals surface area contributed by atoms with Gasteiger partial charge in [0.1, 0.15) is 6.04 Å². The Morgan fingerprint density at radius 1 is 1.50 bits per heavy atom. The predicted molar refractivity (Wildman–Crippen MR) is 59.5 cm³/mol. The summed E-state index contributed by atoms with van der Waals surface area (Å²) < 4.78 is 4.55. The molecule has 0 saturated heterocycles. The Bertz CT molecular complexity index is 268. The fourth-order valence-corrected chi connectivity index (χ4v) is 2.22. The zero-order chi connectivity index (χ0) is 12.1. The van der Waals surface area contributed by atoms with Gasteiger partial charge in [0.2, 0.25) is 5.91 Å². The number of rotatable bonds is 4. The van der Waals surface area contributed by atoms with Crippen LogP contribution in [0.4, 0.5) is 0 Å². The van der Waals surface area contributed by atoms with Gasteiger partial charge in [0.05, 0.1) is 7.11 Å². The van der Waals surface area contributed by atoms with E-state index >= 15 is 0 Å². The van der Waals surface area contributed by atoms with E-state index in [1.807, 2.05) is 0 Å². The Morgan fingerprint density at radius 2 is 2.19 bits per heavy atom. The van der Waals surface area contributed by atoms with E-state index in [4.69, 9.17) is 5.73 Å². The summed E-state index contributed by atoms with van der Waals surface area (Å²) in [6, 6.07) is -0.587. The number of nitrogens with two attached hydrogens (primary N) is 1. The first-order valence-corrected chi connectivity index (χ1v) is 5.68.